The van der Waals surface area contributed by atoms with Gasteiger partial charge in [-0.05, 0) is 18.4 Å². The first-order chi connectivity index (χ1) is 7.27. The predicted molar refractivity (Wildman–Crippen MR) is 72.4 cm³/mol. The van der Waals surface area contributed by atoms with Gasteiger partial charge in [-0.3, -0.25) is 10.1 Å². The minimum Gasteiger partial charge on any atom is -0.347 e. The minimum atomic E-state index is -0.0163. The molecule has 6 heteroatoms. The molecular weight excluding hydrogens is 264 g/mol. The monoisotopic (exact) mass is 278 g/mol. The van der Waals surface area contributed by atoms with Crippen molar-refractivity contribution in [3.05, 3.63) is 22.4 Å². The van der Waals surface area contributed by atoms with Gasteiger partial charge in [-0.15, -0.1) is 35.5 Å². The summed E-state index contributed by atoms with van der Waals surface area (Å²) in [5.41, 5.74) is 0. The fourth-order valence-corrected chi connectivity index (χ4v) is 3.16. The molecule has 1 amide bonds. The maximum atomic E-state index is 11.8. The van der Waals surface area contributed by atoms with Crippen LogP contribution in [0.25, 0.3) is 0 Å². The molecule has 0 bridgehead atoms. The van der Waals surface area contributed by atoms with Gasteiger partial charge in [0.2, 0.25) is 5.91 Å². The lowest BCUT2D eigenvalue weighted by atomic mass is 10.2. The molecule has 1 fully saturated rings. The molecule has 1 aliphatic heterocycles. The quantitative estimate of drug-likeness (QED) is 0.889. The SMILES string of the molecule is CC(NC(=O)[C@H]1CSCN1)c1cccs1.Cl. The second-order valence-corrected chi connectivity index (χ2v) is 5.53. The van der Waals surface area contributed by atoms with E-state index in [1.54, 1.807) is 23.1 Å². The molecule has 1 aromatic heterocycles. The first-order valence-electron chi connectivity index (χ1n) is 4.92. The van der Waals surface area contributed by atoms with E-state index in [0.717, 1.165) is 11.6 Å². The highest BCUT2D eigenvalue weighted by Crippen LogP contribution is 2.18. The molecule has 16 heavy (non-hydrogen) atoms. The van der Waals surface area contributed by atoms with E-state index < -0.39 is 0 Å². The second kappa shape index (κ2) is 6.49. The maximum absolute atomic E-state index is 11.8. The fraction of sp³-hybridized carbons (Fsp3) is 0.500. The summed E-state index contributed by atoms with van der Waals surface area (Å²) in [7, 11) is 0. The van der Waals surface area contributed by atoms with Gasteiger partial charge >= 0.3 is 0 Å². The van der Waals surface area contributed by atoms with Gasteiger partial charge in [-0.2, -0.15) is 0 Å². The first kappa shape index (κ1) is 13.8. The van der Waals surface area contributed by atoms with E-state index in [-0.39, 0.29) is 30.4 Å². The standard InChI is InChI=1S/C10H14N2OS2.ClH/c1-7(9-3-2-4-15-9)12-10(13)8-5-14-6-11-8;/h2-4,7-8,11H,5-6H2,1H3,(H,12,13);1H/t7?,8-;/m1./s1. The number of carbonyl (C=O) groups excluding carboxylic acids is 1. The van der Waals surface area contributed by atoms with Gasteiger partial charge in [0.15, 0.2) is 0 Å². The van der Waals surface area contributed by atoms with E-state index in [1.807, 2.05) is 24.4 Å². The number of thiophene rings is 1. The van der Waals surface area contributed by atoms with Crippen molar-refractivity contribution in [2.24, 2.45) is 0 Å². The van der Waals surface area contributed by atoms with Crippen molar-refractivity contribution in [2.75, 3.05) is 11.6 Å². The third-order valence-electron chi connectivity index (χ3n) is 2.36. The Hall–Kier alpha value is -0.230. The number of carbonyl (C=O) groups is 1. The highest BCUT2D eigenvalue weighted by Gasteiger charge is 2.23. The van der Waals surface area contributed by atoms with Crippen molar-refractivity contribution in [2.45, 2.75) is 19.0 Å². The minimum absolute atomic E-state index is 0. The summed E-state index contributed by atoms with van der Waals surface area (Å²) in [6.45, 7) is 2.02. The zero-order valence-electron chi connectivity index (χ0n) is 8.93. The Kier molecular flexibility index (Phi) is 5.61. The van der Waals surface area contributed by atoms with E-state index in [4.69, 9.17) is 0 Å². The lowest BCUT2D eigenvalue weighted by Gasteiger charge is -2.15. The van der Waals surface area contributed by atoms with Crippen LogP contribution >= 0.6 is 35.5 Å². The van der Waals surface area contributed by atoms with Crippen LogP contribution in [0.15, 0.2) is 17.5 Å². The highest BCUT2D eigenvalue weighted by atomic mass is 35.5. The average molecular weight is 279 g/mol. The van der Waals surface area contributed by atoms with E-state index >= 15 is 0 Å². The Labute approximate surface area is 110 Å². The number of halogens is 1. The van der Waals surface area contributed by atoms with Crippen molar-refractivity contribution in [1.29, 1.82) is 0 Å². The van der Waals surface area contributed by atoms with Crippen molar-refractivity contribution in [1.82, 2.24) is 10.6 Å². The normalized spacial score (nSPS) is 21.2. The molecule has 3 nitrogen and oxygen atoms in total. The van der Waals surface area contributed by atoms with E-state index in [0.29, 0.717) is 0 Å². The Morgan fingerprint density at radius 2 is 2.50 bits per heavy atom. The summed E-state index contributed by atoms with van der Waals surface area (Å²) in [5, 5.41) is 8.21. The van der Waals surface area contributed by atoms with Crippen LogP contribution in [0.2, 0.25) is 0 Å². The van der Waals surface area contributed by atoms with Crippen LogP contribution < -0.4 is 10.6 Å². The smallest absolute Gasteiger partial charge is 0.238 e. The van der Waals surface area contributed by atoms with Crippen LogP contribution in [0, 0.1) is 0 Å². The topological polar surface area (TPSA) is 41.1 Å². The second-order valence-electron chi connectivity index (χ2n) is 3.52. The molecular formula is C10H15ClN2OS2. The van der Waals surface area contributed by atoms with Crippen LogP contribution in [-0.2, 0) is 4.79 Å². The number of hydrogen-bond donors (Lipinski definition) is 2. The Morgan fingerprint density at radius 1 is 1.69 bits per heavy atom. The summed E-state index contributed by atoms with van der Waals surface area (Å²) >= 11 is 3.44. The lowest BCUT2D eigenvalue weighted by Crippen LogP contribution is -2.42. The molecule has 2 N–H and O–H groups in total. The van der Waals surface area contributed by atoms with Crippen LogP contribution in [0.3, 0.4) is 0 Å². The third kappa shape index (κ3) is 3.38. The molecule has 1 unspecified atom stereocenters. The zero-order chi connectivity index (χ0) is 10.7. The van der Waals surface area contributed by atoms with Crippen LogP contribution in [0.1, 0.15) is 17.8 Å². The summed E-state index contributed by atoms with van der Waals surface area (Å²) < 4.78 is 0. The molecule has 0 aliphatic carbocycles. The molecule has 1 aromatic rings. The van der Waals surface area contributed by atoms with Crippen LogP contribution in [0.4, 0.5) is 0 Å². The largest absolute Gasteiger partial charge is 0.347 e. The number of amides is 1. The summed E-state index contributed by atoms with van der Waals surface area (Å²) in [6, 6.07) is 4.15. The first-order valence-corrected chi connectivity index (χ1v) is 6.95. The molecule has 1 aliphatic rings. The van der Waals surface area contributed by atoms with Gasteiger partial charge in [-0.1, -0.05) is 6.07 Å². The molecule has 0 aromatic carbocycles. The van der Waals surface area contributed by atoms with Gasteiger partial charge in [0.25, 0.3) is 0 Å². The van der Waals surface area contributed by atoms with Gasteiger partial charge < -0.3 is 5.32 Å². The molecule has 0 spiro atoms. The summed E-state index contributed by atoms with van der Waals surface area (Å²) in [5.74, 6) is 1.87. The summed E-state index contributed by atoms with van der Waals surface area (Å²) in [4.78, 5) is 13.0. The average Bonchev–Trinajstić information content (AvgIpc) is 2.91. The lowest BCUT2D eigenvalue weighted by molar-refractivity contribution is -0.123. The van der Waals surface area contributed by atoms with Gasteiger partial charge in [0.1, 0.15) is 0 Å². The molecule has 2 atom stereocenters. The predicted octanol–water partition coefficient (Wildman–Crippen LogP) is 2.01. The highest BCUT2D eigenvalue weighted by molar-refractivity contribution is 7.99. The van der Waals surface area contributed by atoms with Crippen molar-refractivity contribution in [3.8, 4) is 0 Å². The number of hydrogen-bond acceptors (Lipinski definition) is 4. The van der Waals surface area contributed by atoms with E-state index in [2.05, 4.69) is 10.6 Å². The van der Waals surface area contributed by atoms with Crippen molar-refractivity contribution in [3.63, 3.8) is 0 Å². The van der Waals surface area contributed by atoms with Gasteiger partial charge in [-0.25, -0.2) is 0 Å². The van der Waals surface area contributed by atoms with Crippen molar-refractivity contribution < 1.29 is 4.79 Å². The van der Waals surface area contributed by atoms with Crippen LogP contribution in [-0.4, -0.2) is 23.6 Å². The number of thioether (sulfide) groups is 1. The number of nitrogens with one attached hydrogen (secondary N) is 2. The molecule has 0 radical (unpaired) electrons. The molecule has 1 saturated heterocycles. The van der Waals surface area contributed by atoms with Crippen LogP contribution in [0.5, 0.6) is 0 Å². The van der Waals surface area contributed by atoms with E-state index in [9.17, 15) is 4.79 Å². The zero-order valence-corrected chi connectivity index (χ0v) is 11.4. The molecule has 90 valence electrons. The van der Waals surface area contributed by atoms with E-state index in [1.165, 1.54) is 4.88 Å². The number of rotatable bonds is 3. The summed E-state index contributed by atoms with van der Waals surface area (Å²) in [6.07, 6.45) is 0. The maximum Gasteiger partial charge on any atom is 0.238 e. The molecule has 0 saturated carbocycles. The Morgan fingerprint density at radius 3 is 3.06 bits per heavy atom. The third-order valence-corrected chi connectivity index (χ3v) is 4.36. The van der Waals surface area contributed by atoms with Crippen molar-refractivity contribution >= 4 is 41.4 Å². The fourth-order valence-electron chi connectivity index (χ4n) is 1.49. The van der Waals surface area contributed by atoms with Gasteiger partial charge in [0.05, 0.1) is 12.1 Å². The Balaban J connectivity index is 0.00000128. The Bertz CT molecular complexity index is 326. The molecule has 2 heterocycles. The molecule has 2 rings (SSSR count). The van der Waals surface area contributed by atoms with Gasteiger partial charge in [0, 0.05) is 16.5 Å².